The zero-order valence-corrected chi connectivity index (χ0v) is 13.4. The molecule has 118 valence electrons. The number of nitrogens with zero attached hydrogens (tertiary/aromatic N) is 1. The highest BCUT2D eigenvalue weighted by atomic mass is 16.3. The molecule has 0 aliphatic carbocycles. The molecule has 4 nitrogen and oxygen atoms in total. The zero-order valence-electron chi connectivity index (χ0n) is 13.4. The van der Waals surface area contributed by atoms with Crippen molar-refractivity contribution in [1.82, 2.24) is 0 Å². The molecule has 0 saturated heterocycles. The number of benzene rings is 2. The average Bonchev–Trinajstić information content (AvgIpc) is 2.56. The summed E-state index contributed by atoms with van der Waals surface area (Å²) >= 11 is 0. The average molecular weight is 308 g/mol. The van der Waals surface area contributed by atoms with E-state index < -0.39 is 0 Å². The zero-order chi connectivity index (χ0) is 16.4. The molecule has 0 bridgehead atoms. The second-order valence-corrected chi connectivity index (χ2v) is 5.41. The summed E-state index contributed by atoms with van der Waals surface area (Å²) in [6.07, 6.45) is 0. The van der Waals surface area contributed by atoms with Gasteiger partial charge in [0, 0.05) is 36.1 Å². The standard InChI is InChI=1S/C19H20N2O2/c1-3-21(4-2)14-10-8-13(9-11-14)18-12-16(22)19-15(20)6-5-7-17(19)23-18/h5-12H,3-4,20H2,1-2H3. The lowest BCUT2D eigenvalue weighted by molar-refractivity contribution is 0.619. The van der Waals surface area contributed by atoms with Crippen LogP contribution < -0.4 is 16.1 Å². The van der Waals surface area contributed by atoms with Gasteiger partial charge in [-0.05, 0) is 50.2 Å². The van der Waals surface area contributed by atoms with Crippen molar-refractivity contribution in [2.24, 2.45) is 0 Å². The van der Waals surface area contributed by atoms with E-state index in [9.17, 15) is 4.79 Å². The highest BCUT2D eigenvalue weighted by Gasteiger charge is 2.09. The Morgan fingerprint density at radius 1 is 1.04 bits per heavy atom. The first-order valence-corrected chi connectivity index (χ1v) is 7.81. The molecule has 0 radical (unpaired) electrons. The van der Waals surface area contributed by atoms with E-state index in [0.29, 0.717) is 22.4 Å². The molecule has 2 N–H and O–H groups in total. The lowest BCUT2D eigenvalue weighted by Crippen LogP contribution is -2.21. The van der Waals surface area contributed by atoms with Gasteiger partial charge in [0.15, 0.2) is 5.43 Å². The van der Waals surface area contributed by atoms with Crippen LogP contribution in [0.4, 0.5) is 11.4 Å². The first kappa shape index (κ1) is 15.2. The van der Waals surface area contributed by atoms with Crippen molar-refractivity contribution in [2.75, 3.05) is 23.7 Å². The van der Waals surface area contributed by atoms with Gasteiger partial charge in [0.1, 0.15) is 11.3 Å². The Morgan fingerprint density at radius 3 is 2.39 bits per heavy atom. The van der Waals surface area contributed by atoms with Crippen LogP contribution in [-0.4, -0.2) is 13.1 Å². The monoisotopic (exact) mass is 308 g/mol. The van der Waals surface area contributed by atoms with Crippen molar-refractivity contribution in [1.29, 1.82) is 0 Å². The smallest absolute Gasteiger partial charge is 0.195 e. The van der Waals surface area contributed by atoms with Crippen molar-refractivity contribution in [2.45, 2.75) is 13.8 Å². The van der Waals surface area contributed by atoms with Gasteiger partial charge in [-0.1, -0.05) is 6.07 Å². The van der Waals surface area contributed by atoms with E-state index in [2.05, 4.69) is 18.7 Å². The normalized spacial score (nSPS) is 10.9. The lowest BCUT2D eigenvalue weighted by Gasteiger charge is -2.21. The number of nitrogen functional groups attached to an aromatic ring is 1. The van der Waals surface area contributed by atoms with Crippen molar-refractivity contribution < 1.29 is 4.42 Å². The second-order valence-electron chi connectivity index (χ2n) is 5.41. The van der Waals surface area contributed by atoms with Crippen molar-refractivity contribution in [3.63, 3.8) is 0 Å². The van der Waals surface area contributed by atoms with Crippen molar-refractivity contribution in [3.8, 4) is 11.3 Å². The van der Waals surface area contributed by atoms with E-state index in [1.807, 2.05) is 24.3 Å². The number of hydrogen-bond acceptors (Lipinski definition) is 4. The Bertz CT molecular complexity index is 878. The third kappa shape index (κ3) is 2.80. The van der Waals surface area contributed by atoms with Gasteiger partial charge in [-0.15, -0.1) is 0 Å². The molecule has 3 aromatic rings. The Labute approximate surface area is 135 Å². The highest BCUT2D eigenvalue weighted by molar-refractivity contribution is 5.89. The van der Waals surface area contributed by atoms with Crippen LogP contribution in [0.1, 0.15) is 13.8 Å². The van der Waals surface area contributed by atoms with Crippen molar-refractivity contribution in [3.05, 3.63) is 58.8 Å². The van der Waals surface area contributed by atoms with E-state index in [-0.39, 0.29) is 5.43 Å². The van der Waals surface area contributed by atoms with Crippen LogP contribution in [0.3, 0.4) is 0 Å². The molecule has 0 saturated carbocycles. The molecule has 0 spiro atoms. The third-order valence-corrected chi connectivity index (χ3v) is 4.07. The van der Waals surface area contributed by atoms with Crippen LogP contribution in [0, 0.1) is 0 Å². The fourth-order valence-corrected chi connectivity index (χ4v) is 2.80. The fraction of sp³-hybridized carbons (Fsp3) is 0.211. The van der Waals surface area contributed by atoms with Crippen molar-refractivity contribution >= 4 is 22.3 Å². The molecule has 0 atom stereocenters. The molecule has 0 unspecified atom stereocenters. The van der Waals surface area contributed by atoms with Gasteiger partial charge >= 0.3 is 0 Å². The number of fused-ring (bicyclic) bond motifs is 1. The van der Waals surface area contributed by atoms with E-state index >= 15 is 0 Å². The van der Waals surface area contributed by atoms with E-state index in [4.69, 9.17) is 10.2 Å². The summed E-state index contributed by atoms with van der Waals surface area (Å²) in [6.45, 7) is 6.18. The van der Waals surface area contributed by atoms with Crippen LogP contribution in [0.2, 0.25) is 0 Å². The number of nitrogens with two attached hydrogens (primary N) is 1. The maximum Gasteiger partial charge on any atom is 0.195 e. The van der Waals surface area contributed by atoms with Gasteiger partial charge in [0.2, 0.25) is 0 Å². The summed E-state index contributed by atoms with van der Waals surface area (Å²) in [6, 6.07) is 14.8. The number of hydrogen-bond donors (Lipinski definition) is 1. The van der Waals surface area contributed by atoms with Gasteiger partial charge in [-0.3, -0.25) is 4.79 Å². The van der Waals surface area contributed by atoms with Gasteiger partial charge in [0.05, 0.1) is 5.39 Å². The number of anilines is 2. The fourth-order valence-electron chi connectivity index (χ4n) is 2.80. The molecule has 4 heteroatoms. The summed E-state index contributed by atoms with van der Waals surface area (Å²) in [7, 11) is 0. The van der Waals surface area contributed by atoms with Crippen LogP contribution in [0.5, 0.6) is 0 Å². The van der Waals surface area contributed by atoms with Crippen LogP contribution >= 0.6 is 0 Å². The third-order valence-electron chi connectivity index (χ3n) is 4.07. The Balaban J connectivity index is 2.05. The van der Waals surface area contributed by atoms with Gasteiger partial charge in [-0.2, -0.15) is 0 Å². The summed E-state index contributed by atoms with van der Waals surface area (Å²) in [5.41, 5.74) is 8.74. The summed E-state index contributed by atoms with van der Waals surface area (Å²) in [4.78, 5) is 14.6. The maximum absolute atomic E-state index is 12.3. The molecule has 0 aliphatic rings. The topological polar surface area (TPSA) is 59.5 Å². The van der Waals surface area contributed by atoms with Crippen LogP contribution in [0.25, 0.3) is 22.3 Å². The minimum Gasteiger partial charge on any atom is -0.456 e. The molecule has 0 amide bonds. The van der Waals surface area contributed by atoms with E-state index in [1.165, 1.54) is 6.07 Å². The summed E-state index contributed by atoms with van der Waals surface area (Å²) in [5, 5.41) is 0.441. The van der Waals surface area contributed by atoms with E-state index in [1.54, 1.807) is 18.2 Å². The predicted molar refractivity (Wildman–Crippen MR) is 95.9 cm³/mol. The SMILES string of the molecule is CCN(CC)c1ccc(-c2cc(=O)c3c(N)cccc3o2)cc1. The lowest BCUT2D eigenvalue weighted by atomic mass is 10.1. The van der Waals surface area contributed by atoms with Gasteiger partial charge < -0.3 is 15.1 Å². The minimum absolute atomic E-state index is 0.118. The van der Waals surface area contributed by atoms with E-state index in [0.717, 1.165) is 24.3 Å². The van der Waals surface area contributed by atoms with Gasteiger partial charge in [0.25, 0.3) is 0 Å². The first-order chi connectivity index (χ1) is 11.1. The molecule has 1 aromatic heterocycles. The predicted octanol–water partition coefficient (Wildman–Crippen LogP) is 3.89. The Morgan fingerprint density at radius 2 is 1.74 bits per heavy atom. The molecular weight excluding hydrogens is 288 g/mol. The molecule has 0 aliphatic heterocycles. The Hall–Kier alpha value is -2.75. The van der Waals surface area contributed by atoms with Crippen LogP contribution in [-0.2, 0) is 0 Å². The highest BCUT2D eigenvalue weighted by Crippen LogP contribution is 2.26. The molecule has 0 fully saturated rings. The first-order valence-electron chi connectivity index (χ1n) is 7.81. The molecule has 23 heavy (non-hydrogen) atoms. The maximum atomic E-state index is 12.3. The largest absolute Gasteiger partial charge is 0.456 e. The quantitative estimate of drug-likeness (QED) is 0.743. The molecule has 1 heterocycles. The molecular formula is C19H20N2O2. The second kappa shape index (κ2) is 6.16. The minimum atomic E-state index is -0.118. The summed E-state index contributed by atoms with van der Waals surface area (Å²) in [5.74, 6) is 0.555. The van der Waals surface area contributed by atoms with Crippen LogP contribution in [0.15, 0.2) is 57.7 Å². The van der Waals surface area contributed by atoms with Gasteiger partial charge in [-0.25, -0.2) is 0 Å². The number of rotatable bonds is 4. The molecule has 3 rings (SSSR count). The molecule has 2 aromatic carbocycles. The Kier molecular flexibility index (Phi) is 4.06. The summed E-state index contributed by atoms with van der Waals surface area (Å²) < 4.78 is 5.87.